The van der Waals surface area contributed by atoms with Gasteiger partial charge < -0.3 is 10.6 Å². The van der Waals surface area contributed by atoms with Crippen molar-refractivity contribution in [1.82, 2.24) is 10.6 Å². The van der Waals surface area contributed by atoms with E-state index in [0.717, 1.165) is 38.5 Å². The van der Waals surface area contributed by atoms with Crippen LogP contribution in [0.15, 0.2) is 48.6 Å². The summed E-state index contributed by atoms with van der Waals surface area (Å²) in [5.74, 6) is 0. The first-order valence-electron chi connectivity index (χ1n) is 19.9. The lowest BCUT2D eigenvalue weighted by molar-refractivity contribution is 0.409. The molecule has 2 N–H and O–H groups in total. The zero-order valence-corrected chi connectivity index (χ0v) is 30.4. The van der Waals surface area contributed by atoms with Gasteiger partial charge in [0.15, 0.2) is 0 Å². The third-order valence-corrected chi connectivity index (χ3v) is 8.67. The first-order chi connectivity index (χ1) is 21.8. The zero-order chi connectivity index (χ0) is 31.9. The van der Waals surface area contributed by atoms with Crippen molar-refractivity contribution in [2.75, 3.05) is 19.6 Å². The third-order valence-electron chi connectivity index (χ3n) is 8.67. The summed E-state index contributed by atoms with van der Waals surface area (Å²) < 4.78 is 0. The van der Waals surface area contributed by atoms with E-state index < -0.39 is 0 Å². The van der Waals surface area contributed by atoms with Crippen LogP contribution in [-0.4, -0.2) is 25.7 Å². The van der Waals surface area contributed by atoms with Crippen molar-refractivity contribution in [2.24, 2.45) is 0 Å². The lowest BCUT2D eigenvalue weighted by Gasteiger charge is -2.19. The van der Waals surface area contributed by atoms with Gasteiger partial charge in [-0.2, -0.15) is 0 Å². The fourth-order valence-corrected chi connectivity index (χ4v) is 5.77. The molecule has 258 valence electrons. The fourth-order valence-electron chi connectivity index (χ4n) is 5.77. The van der Waals surface area contributed by atoms with E-state index in [1.165, 1.54) is 161 Å². The van der Waals surface area contributed by atoms with E-state index in [1.54, 1.807) is 0 Å². The van der Waals surface area contributed by atoms with Gasteiger partial charge in [-0.1, -0.05) is 159 Å². The van der Waals surface area contributed by atoms with Crippen molar-refractivity contribution in [3.05, 3.63) is 48.6 Å². The van der Waals surface area contributed by atoms with Crippen LogP contribution < -0.4 is 10.6 Å². The summed E-state index contributed by atoms with van der Waals surface area (Å²) in [5.41, 5.74) is 0. The Hall–Kier alpha value is -1.12. The van der Waals surface area contributed by atoms with Crippen LogP contribution in [0.3, 0.4) is 0 Å². The summed E-state index contributed by atoms with van der Waals surface area (Å²) in [6.45, 7) is 10.2. The van der Waals surface area contributed by atoms with E-state index in [9.17, 15) is 0 Å². The Morgan fingerprint density at radius 2 is 0.750 bits per heavy atom. The van der Waals surface area contributed by atoms with Gasteiger partial charge in [-0.25, -0.2) is 0 Å². The highest BCUT2D eigenvalue weighted by Gasteiger charge is 2.07. The molecule has 0 aliphatic carbocycles. The molecular weight excluding hydrogens is 532 g/mol. The lowest BCUT2D eigenvalue weighted by atomic mass is 9.99. The first kappa shape index (κ1) is 42.9. The Labute approximate surface area is 278 Å². The third kappa shape index (κ3) is 37.1. The maximum Gasteiger partial charge on any atom is 0.00793 e. The standard InChI is InChI=1S/C42H80N2/c1-4-7-9-11-13-15-17-19-21-23-25-27-29-31-33-35-37-42(44-41-40-43-39-6-3)38-36-34-32-30-28-26-24-22-20-18-16-14-12-10-8-5-2/h13-16,19-22,42-44H,4-12,17-18,23-41H2,1-3H3/b15-13-,16-14-,21-19-,22-20-. The summed E-state index contributed by atoms with van der Waals surface area (Å²) in [6, 6.07) is 0.718. The number of nitrogens with one attached hydrogen (secondary N) is 2. The summed E-state index contributed by atoms with van der Waals surface area (Å²) in [5, 5.41) is 7.46. The number of hydrogen-bond acceptors (Lipinski definition) is 2. The topological polar surface area (TPSA) is 24.1 Å². The molecule has 0 aromatic heterocycles. The maximum atomic E-state index is 3.90. The van der Waals surface area contributed by atoms with Gasteiger partial charge in [-0.05, 0) is 90.0 Å². The zero-order valence-electron chi connectivity index (χ0n) is 30.4. The minimum Gasteiger partial charge on any atom is -0.315 e. The highest BCUT2D eigenvalue weighted by atomic mass is 15.0. The van der Waals surface area contributed by atoms with Crippen LogP contribution in [0.25, 0.3) is 0 Å². The average molecular weight is 613 g/mol. The van der Waals surface area contributed by atoms with Crippen LogP contribution in [0, 0.1) is 0 Å². The average Bonchev–Trinajstić information content (AvgIpc) is 3.03. The monoisotopic (exact) mass is 613 g/mol. The molecule has 0 atom stereocenters. The Bertz CT molecular complexity index is 584. The molecule has 0 aliphatic rings. The van der Waals surface area contributed by atoms with E-state index in [4.69, 9.17) is 0 Å². The van der Waals surface area contributed by atoms with Crippen LogP contribution in [-0.2, 0) is 0 Å². The van der Waals surface area contributed by atoms with Gasteiger partial charge in [0.1, 0.15) is 0 Å². The molecule has 0 amide bonds. The van der Waals surface area contributed by atoms with E-state index in [1.807, 2.05) is 0 Å². The second kappa shape index (κ2) is 39.9. The van der Waals surface area contributed by atoms with Gasteiger partial charge in [-0.15, -0.1) is 0 Å². The summed E-state index contributed by atoms with van der Waals surface area (Å²) in [6.07, 6.45) is 55.0. The molecule has 0 fully saturated rings. The van der Waals surface area contributed by atoms with Crippen LogP contribution in [0.5, 0.6) is 0 Å². The normalized spacial score (nSPS) is 12.5. The van der Waals surface area contributed by atoms with Crippen molar-refractivity contribution < 1.29 is 0 Å². The van der Waals surface area contributed by atoms with Gasteiger partial charge in [0.05, 0.1) is 0 Å². The molecule has 0 aliphatic heterocycles. The Kier molecular flexibility index (Phi) is 38.9. The second-order valence-electron chi connectivity index (χ2n) is 13.1. The van der Waals surface area contributed by atoms with E-state index in [2.05, 4.69) is 80.0 Å². The number of hydrogen-bond donors (Lipinski definition) is 2. The largest absolute Gasteiger partial charge is 0.315 e. The quantitative estimate of drug-likeness (QED) is 0.0543. The molecule has 2 heteroatoms. The van der Waals surface area contributed by atoms with Crippen molar-refractivity contribution >= 4 is 0 Å². The first-order valence-corrected chi connectivity index (χ1v) is 19.9. The van der Waals surface area contributed by atoms with Crippen LogP contribution in [0.2, 0.25) is 0 Å². The highest BCUT2D eigenvalue weighted by Crippen LogP contribution is 2.15. The fraction of sp³-hybridized carbons (Fsp3) is 0.810. The molecule has 0 spiro atoms. The molecule has 44 heavy (non-hydrogen) atoms. The Balaban J connectivity index is 3.82. The molecule has 0 heterocycles. The van der Waals surface area contributed by atoms with Gasteiger partial charge in [0.25, 0.3) is 0 Å². The highest BCUT2D eigenvalue weighted by molar-refractivity contribution is 4.93. The summed E-state index contributed by atoms with van der Waals surface area (Å²) >= 11 is 0. The van der Waals surface area contributed by atoms with E-state index >= 15 is 0 Å². The van der Waals surface area contributed by atoms with Gasteiger partial charge in [0, 0.05) is 19.1 Å². The Morgan fingerprint density at radius 3 is 1.16 bits per heavy atom. The predicted molar refractivity (Wildman–Crippen MR) is 203 cm³/mol. The molecule has 0 aromatic rings. The van der Waals surface area contributed by atoms with Crippen LogP contribution >= 0.6 is 0 Å². The molecule has 2 nitrogen and oxygen atoms in total. The number of rotatable bonds is 36. The molecule has 0 aromatic carbocycles. The van der Waals surface area contributed by atoms with E-state index in [0.29, 0.717) is 0 Å². The second-order valence-corrected chi connectivity index (χ2v) is 13.1. The van der Waals surface area contributed by atoms with E-state index in [-0.39, 0.29) is 0 Å². The van der Waals surface area contributed by atoms with Crippen molar-refractivity contribution in [2.45, 2.75) is 200 Å². The molecule has 0 saturated carbocycles. The molecule has 0 radical (unpaired) electrons. The lowest BCUT2D eigenvalue weighted by Crippen LogP contribution is -2.35. The maximum absolute atomic E-state index is 3.90. The smallest absolute Gasteiger partial charge is 0.00793 e. The molecule has 0 bridgehead atoms. The summed E-state index contributed by atoms with van der Waals surface area (Å²) in [7, 11) is 0. The molecule has 0 unspecified atom stereocenters. The Morgan fingerprint density at radius 1 is 0.364 bits per heavy atom. The van der Waals surface area contributed by atoms with Crippen molar-refractivity contribution in [1.29, 1.82) is 0 Å². The number of unbranched alkanes of at least 4 members (excludes halogenated alkanes) is 18. The van der Waals surface area contributed by atoms with Crippen LogP contribution in [0.4, 0.5) is 0 Å². The van der Waals surface area contributed by atoms with Gasteiger partial charge in [0.2, 0.25) is 0 Å². The number of allylic oxidation sites excluding steroid dienone is 8. The van der Waals surface area contributed by atoms with Gasteiger partial charge >= 0.3 is 0 Å². The predicted octanol–water partition coefficient (Wildman–Crippen LogP) is 13.4. The minimum atomic E-state index is 0.718. The molecule has 0 saturated heterocycles. The summed E-state index contributed by atoms with van der Waals surface area (Å²) in [4.78, 5) is 0. The molecular formula is C42H80N2. The van der Waals surface area contributed by atoms with Crippen molar-refractivity contribution in [3.8, 4) is 0 Å². The minimum absolute atomic E-state index is 0.718. The molecule has 0 rings (SSSR count). The van der Waals surface area contributed by atoms with Gasteiger partial charge in [-0.3, -0.25) is 0 Å². The SMILES string of the molecule is CCCCC/C=C\C/C=C\CCCCCCCCC(CCCCCCCC/C=C\C/C=C\CCCCC)NCCNCCC. The van der Waals surface area contributed by atoms with Crippen molar-refractivity contribution in [3.63, 3.8) is 0 Å². The van der Waals surface area contributed by atoms with Crippen LogP contribution in [0.1, 0.15) is 194 Å².